The van der Waals surface area contributed by atoms with Gasteiger partial charge in [0.05, 0.1) is 6.20 Å². The number of likely N-dealkylation sites (N-methyl/N-ethyl adjacent to an activating group) is 1. The van der Waals surface area contributed by atoms with Gasteiger partial charge in [-0.1, -0.05) is 18.2 Å². The Morgan fingerprint density at radius 1 is 1.16 bits per heavy atom. The smallest absolute Gasteiger partial charge is 0.249 e. The van der Waals surface area contributed by atoms with Crippen molar-refractivity contribution in [1.82, 2.24) is 20.1 Å². The molecule has 0 aliphatic heterocycles. The van der Waals surface area contributed by atoms with Crippen LogP contribution in [-0.4, -0.2) is 47.3 Å². The zero-order valence-corrected chi connectivity index (χ0v) is 11.2. The van der Waals surface area contributed by atoms with Gasteiger partial charge in [-0.15, -0.1) is 5.10 Å². The Bertz CT molecular complexity index is 499. The van der Waals surface area contributed by atoms with Gasteiger partial charge < -0.3 is 15.5 Å². The first-order valence-electron chi connectivity index (χ1n) is 6.14. The van der Waals surface area contributed by atoms with Crippen LogP contribution in [0.25, 0.3) is 0 Å². The standard InChI is InChI=1S/C13H18N6/c1-19(2)9-8-14-12-10-15-18-13(17-12)16-11-6-4-3-5-7-11/h3-7,10H,8-9H2,1-2H3,(H2,14,16,17,18). The summed E-state index contributed by atoms with van der Waals surface area (Å²) in [4.78, 5) is 6.45. The molecule has 0 amide bonds. The van der Waals surface area contributed by atoms with E-state index in [1.807, 2.05) is 44.4 Å². The maximum atomic E-state index is 4.35. The largest absolute Gasteiger partial charge is 0.367 e. The number of para-hydroxylation sites is 1. The van der Waals surface area contributed by atoms with E-state index in [-0.39, 0.29) is 0 Å². The van der Waals surface area contributed by atoms with Crippen molar-refractivity contribution in [3.05, 3.63) is 36.5 Å². The number of anilines is 3. The molecule has 19 heavy (non-hydrogen) atoms. The molecule has 0 saturated carbocycles. The highest BCUT2D eigenvalue weighted by atomic mass is 15.3. The number of nitrogens with one attached hydrogen (secondary N) is 2. The van der Waals surface area contributed by atoms with E-state index < -0.39 is 0 Å². The summed E-state index contributed by atoms with van der Waals surface area (Å²) in [7, 11) is 4.06. The molecule has 0 unspecified atom stereocenters. The van der Waals surface area contributed by atoms with Crippen LogP contribution in [0, 0.1) is 0 Å². The third kappa shape index (κ3) is 4.51. The summed E-state index contributed by atoms with van der Waals surface area (Å²) in [5.41, 5.74) is 0.940. The highest BCUT2D eigenvalue weighted by molar-refractivity contribution is 5.53. The molecule has 0 atom stereocenters. The normalized spacial score (nSPS) is 10.5. The summed E-state index contributed by atoms with van der Waals surface area (Å²) >= 11 is 0. The number of aromatic nitrogens is 3. The number of rotatable bonds is 6. The minimum atomic E-state index is 0.487. The summed E-state index contributed by atoms with van der Waals surface area (Å²) in [5.74, 6) is 1.20. The summed E-state index contributed by atoms with van der Waals surface area (Å²) in [6, 6.07) is 9.78. The monoisotopic (exact) mass is 258 g/mol. The second-order valence-electron chi connectivity index (χ2n) is 4.39. The first-order valence-corrected chi connectivity index (χ1v) is 6.14. The quantitative estimate of drug-likeness (QED) is 0.820. The van der Waals surface area contributed by atoms with Crippen molar-refractivity contribution in [2.24, 2.45) is 0 Å². The van der Waals surface area contributed by atoms with Crippen molar-refractivity contribution in [2.45, 2.75) is 0 Å². The first kappa shape index (κ1) is 13.2. The van der Waals surface area contributed by atoms with Gasteiger partial charge in [0.25, 0.3) is 0 Å². The molecule has 1 heterocycles. The van der Waals surface area contributed by atoms with E-state index in [1.165, 1.54) is 0 Å². The van der Waals surface area contributed by atoms with Crippen LogP contribution in [0.5, 0.6) is 0 Å². The molecule has 2 rings (SSSR count). The molecule has 0 saturated heterocycles. The predicted molar refractivity (Wildman–Crippen MR) is 76.6 cm³/mol. The van der Waals surface area contributed by atoms with Crippen LogP contribution in [0.15, 0.2) is 36.5 Å². The topological polar surface area (TPSA) is 66.0 Å². The maximum Gasteiger partial charge on any atom is 0.249 e. The Hall–Kier alpha value is -2.21. The molecule has 0 spiro atoms. The van der Waals surface area contributed by atoms with Gasteiger partial charge >= 0.3 is 0 Å². The Balaban J connectivity index is 1.95. The predicted octanol–water partition coefficient (Wildman–Crippen LogP) is 1.59. The molecule has 6 nitrogen and oxygen atoms in total. The molecule has 2 N–H and O–H groups in total. The third-order valence-electron chi connectivity index (χ3n) is 2.45. The number of benzene rings is 1. The Kier molecular flexibility index (Phi) is 4.63. The molecular formula is C13H18N6. The fourth-order valence-electron chi connectivity index (χ4n) is 1.50. The molecule has 6 heteroatoms. The molecule has 0 aliphatic carbocycles. The zero-order chi connectivity index (χ0) is 13.5. The second-order valence-corrected chi connectivity index (χ2v) is 4.39. The Labute approximate surface area is 112 Å². The van der Waals surface area contributed by atoms with E-state index in [0.29, 0.717) is 5.95 Å². The highest BCUT2D eigenvalue weighted by Gasteiger charge is 2.00. The lowest BCUT2D eigenvalue weighted by Gasteiger charge is -2.11. The minimum absolute atomic E-state index is 0.487. The minimum Gasteiger partial charge on any atom is -0.367 e. The lowest BCUT2D eigenvalue weighted by atomic mass is 10.3. The SMILES string of the molecule is CN(C)CCNc1cnnc(Nc2ccccc2)n1. The van der Waals surface area contributed by atoms with Gasteiger partial charge in [0.1, 0.15) is 0 Å². The first-order chi connectivity index (χ1) is 9.24. The van der Waals surface area contributed by atoms with Crippen LogP contribution in [0.3, 0.4) is 0 Å². The summed E-state index contributed by atoms with van der Waals surface area (Å²) in [6.07, 6.45) is 1.62. The van der Waals surface area contributed by atoms with Crippen LogP contribution in [0.1, 0.15) is 0 Å². The van der Waals surface area contributed by atoms with Crippen LogP contribution < -0.4 is 10.6 Å². The van der Waals surface area contributed by atoms with Crippen molar-refractivity contribution in [2.75, 3.05) is 37.8 Å². The van der Waals surface area contributed by atoms with Crippen molar-refractivity contribution >= 4 is 17.5 Å². The van der Waals surface area contributed by atoms with Crippen LogP contribution in [0.2, 0.25) is 0 Å². The van der Waals surface area contributed by atoms with Crippen LogP contribution in [0.4, 0.5) is 17.5 Å². The second kappa shape index (κ2) is 6.65. The van der Waals surface area contributed by atoms with E-state index in [4.69, 9.17) is 0 Å². The van der Waals surface area contributed by atoms with Crippen LogP contribution in [-0.2, 0) is 0 Å². The fraction of sp³-hybridized carbons (Fsp3) is 0.308. The summed E-state index contributed by atoms with van der Waals surface area (Å²) in [5, 5.41) is 14.2. The van der Waals surface area contributed by atoms with E-state index in [0.717, 1.165) is 24.6 Å². The highest BCUT2D eigenvalue weighted by Crippen LogP contribution is 2.12. The molecule has 0 fully saturated rings. The van der Waals surface area contributed by atoms with Gasteiger partial charge in [0, 0.05) is 18.8 Å². The Morgan fingerprint density at radius 3 is 2.68 bits per heavy atom. The molecule has 1 aromatic heterocycles. The molecule has 2 aromatic rings. The number of hydrogen-bond donors (Lipinski definition) is 2. The van der Waals surface area contributed by atoms with Crippen molar-refractivity contribution in [3.63, 3.8) is 0 Å². The maximum absolute atomic E-state index is 4.35. The molecule has 0 bridgehead atoms. The average molecular weight is 258 g/mol. The average Bonchev–Trinajstić information content (AvgIpc) is 2.40. The van der Waals surface area contributed by atoms with Gasteiger partial charge in [-0.3, -0.25) is 0 Å². The van der Waals surface area contributed by atoms with E-state index in [2.05, 4.69) is 30.7 Å². The van der Waals surface area contributed by atoms with Gasteiger partial charge in [-0.2, -0.15) is 10.1 Å². The number of hydrogen-bond acceptors (Lipinski definition) is 6. The molecule has 1 aromatic carbocycles. The van der Waals surface area contributed by atoms with Gasteiger partial charge in [0.15, 0.2) is 5.82 Å². The van der Waals surface area contributed by atoms with E-state index in [9.17, 15) is 0 Å². The van der Waals surface area contributed by atoms with Gasteiger partial charge in [0.2, 0.25) is 5.95 Å². The zero-order valence-electron chi connectivity index (χ0n) is 11.2. The van der Waals surface area contributed by atoms with Crippen LogP contribution >= 0.6 is 0 Å². The number of nitrogens with zero attached hydrogens (tertiary/aromatic N) is 4. The fourth-order valence-corrected chi connectivity index (χ4v) is 1.50. The van der Waals surface area contributed by atoms with Gasteiger partial charge in [-0.25, -0.2) is 0 Å². The molecule has 100 valence electrons. The molecule has 0 radical (unpaired) electrons. The summed E-state index contributed by atoms with van der Waals surface area (Å²) in [6.45, 7) is 1.75. The van der Waals surface area contributed by atoms with E-state index >= 15 is 0 Å². The Morgan fingerprint density at radius 2 is 1.95 bits per heavy atom. The van der Waals surface area contributed by atoms with E-state index in [1.54, 1.807) is 6.20 Å². The lowest BCUT2D eigenvalue weighted by molar-refractivity contribution is 0.425. The molecular weight excluding hydrogens is 240 g/mol. The van der Waals surface area contributed by atoms with Crippen molar-refractivity contribution in [3.8, 4) is 0 Å². The van der Waals surface area contributed by atoms with Gasteiger partial charge in [-0.05, 0) is 26.2 Å². The third-order valence-corrected chi connectivity index (χ3v) is 2.45. The lowest BCUT2D eigenvalue weighted by Crippen LogP contribution is -2.21. The molecule has 0 aliphatic rings. The summed E-state index contributed by atoms with van der Waals surface area (Å²) < 4.78 is 0. The van der Waals surface area contributed by atoms with Crippen molar-refractivity contribution in [1.29, 1.82) is 0 Å². The van der Waals surface area contributed by atoms with Crippen molar-refractivity contribution < 1.29 is 0 Å².